The van der Waals surface area contributed by atoms with Gasteiger partial charge in [0.15, 0.2) is 0 Å². The van der Waals surface area contributed by atoms with Gasteiger partial charge in [0.05, 0.1) is 0 Å². The number of benzene rings is 4. The molecule has 0 saturated carbocycles. The van der Waals surface area contributed by atoms with Gasteiger partial charge in [0, 0.05) is 0 Å². The molecular weight excluding hydrogens is 521 g/mol. The Hall–Kier alpha value is -3.21. The fraction of sp³-hybridized carbons (Fsp3) is 0.143. The van der Waals surface area contributed by atoms with Gasteiger partial charge in [-0.25, -0.2) is 0 Å². The molecule has 7 heteroatoms. The van der Waals surface area contributed by atoms with Gasteiger partial charge in [0.1, 0.15) is 0 Å². The van der Waals surface area contributed by atoms with E-state index in [1.807, 2.05) is 43.3 Å². The quantitative estimate of drug-likeness (QED) is 0.293. The van der Waals surface area contributed by atoms with E-state index in [1.165, 1.54) is 11.1 Å². The van der Waals surface area contributed by atoms with Crippen molar-refractivity contribution in [3.63, 3.8) is 0 Å². The number of hydrogen-bond acceptors (Lipinski definition) is 4. The van der Waals surface area contributed by atoms with Crippen molar-refractivity contribution < 1.29 is 17.9 Å². The van der Waals surface area contributed by atoms with Gasteiger partial charge in [-0.1, -0.05) is 0 Å². The number of anilines is 1. The third kappa shape index (κ3) is 6.68. The van der Waals surface area contributed by atoms with Gasteiger partial charge >= 0.3 is 214 Å². The minimum absolute atomic E-state index is 0.231. The van der Waals surface area contributed by atoms with E-state index in [1.54, 1.807) is 37.4 Å². The summed E-state index contributed by atoms with van der Waals surface area (Å²) in [5, 5.41) is 0.915. The van der Waals surface area contributed by atoms with Crippen molar-refractivity contribution in [2.45, 2.75) is 24.0 Å². The number of nitrogens with one attached hydrogen (secondary N) is 1. The molecule has 0 fully saturated rings. The fourth-order valence-corrected chi connectivity index (χ4v) is 7.12. The van der Waals surface area contributed by atoms with Crippen molar-refractivity contribution in [3.05, 3.63) is 108 Å². The van der Waals surface area contributed by atoms with E-state index in [4.69, 9.17) is 9.47 Å². The molecule has 180 valence electrons. The van der Waals surface area contributed by atoms with Gasteiger partial charge in [0.25, 0.3) is 0 Å². The fourth-order valence-electron chi connectivity index (χ4n) is 3.43. The van der Waals surface area contributed by atoms with Crippen LogP contribution in [0.25, 0.3) is 0 Å². The Bertz CT molecular complexity index is 1380. The average Bonchev–Trinajstić information content (AvgIpc) is 2.85. The summed E-state index contributed by atoms with van der Waals surface area (Å²) in [5.41, 5.74) is 4.04. The van der Waals surface area contributed by atoms with Crippen molar-refractivity contribution >= 4 is 35.8 Å². The molecule has 0 aliphatic rings. The van der Waals surface area contributed by atoms with Crippen LogP contribution in [0.5, 0.6) is 17.2 Å². The summed E-state index contributed by atoms with van der Waals surface area (Å²) in [6, 6.07) is 28.2. The Balaban J connectivity index is 1.62. The first kappa shape index (κ1) is 24.9. The Labute approximate surface area is 213 Å². The molecule has 0 saturated heterocycles. The maximum atomic E-state index is 13.2. The first-order chi connectivity index (χ1) is 16.8. The summed E-state index contributed by atoms with van der Waals surface area (Å²) < 4.78 is 41.4. The van der Waals surface area contributed by atoms with Gasteiger partial charge in [-0.15, -0.1) is 0 Å². The Kier molecular flexibility index (Phi) is 7.84. The molecule has 0 aliphatic heterocycles. The summed E-state index contributed by atoms with van der Waals surface area (Å²) in [4.78, 5) is 0.231. The number of sulfonamides is 1. The maximum absolute atomic E-state index is 13.2. The van der Waals surface area contributed by atoms with Gasteiger partial charge < -0.3 is 0 Å². The van der Waals surface area contributed by atoms with E-state index in [-0.39, 0.29) is 4.90 Å². The number of rotatable bonds is 9. The summed E-state index contributed by atoms with van der Waals surface area (Å²) >= 11 is -0.652. The molecule has 0 heterocycles. The second-order valence-electron chi connectivity index (χ2n) is 8.24. The third-order valence-electron chi connectivity index (χ3n) is 5.47. The van der Waals surface area contributed by atoms with Gasteiger partial charge in [0.2, 0.25) is 0 Å². The molecule has 0 radical (unpaired) electrons. The van der Waals surface area contributed by atoms with E-state index in [9.17, 15) is 8.42 Å². The van der Waals surface area contributed by atoms with Crippen LogP contribution in [0.4, 0.5) is 5.69 Å². The predicted octanol–water partition coefficient (Wildman–Crippen LogP) is 5.17. The number of aryl methyl sites for hydroxylation is 2. The van der Waals surface area contributed by atoms with Crippen molar-refractivity contribution in [2.24, 2.45) is 0 Å². The molecule has 0 bridgehead atoms. The molecule has 1 atom stereocenters. The zero-order valence-electron chi connectivity index (χ0n) is 19.9. The van der Waals surface area contributed by atoms with Crippen LogP contribution >= 0.6 is 0 Å². The van der Waals surface area contributed by atoms with Crippen LogP contribution in [-0.2, 0) is 15.2 Å². The zero-order chi connectivity index (χ0) is 24.8. The minimum atomic E-state index is -3.74. The second-order valence-corrected chi connectivity index (χ2v) is 12.5. The molecule has 35 heavy (non-hydrogen) atoms. The van der Waals surface area contributed by atoms with Crippen molar-refractivity contribution in [1.29, 1.82) is 0 Å². The Morgan fingerprint density at radius 3 is 1.94 bits per heavy atom. The van der Waals surface area contributed by atoms with E-state index in [0.29, 0.717) is 17.2 Å². The molecule has 0 spiro atoms. The summed E-state index contributed by atoms with van der Waals surface area (Å²) in [5.74, 6) is 1.93. The van der Waals surface area contributed by atoms with E-state index < -0.39 is 25.8 Å². The topological polar surface area (TPSA) is 64.6 Å². The normalized spacial score (nSPS) is 11.5. The van der Waals surface area contributed by atoms with Crippen LogP contribution < -0.4 is 18.5 Å². The van der Waals surface area contributed by atoms with Crippen molar-refractivity contribution in [2.75, 3.05) is 11.8 Å². The number of ether oxygens (including phenoxy) is 2. The molecule has 0 aliphatic carbocycles. The summed E-state index contributed by atoms with van der Waals surface area (Å²) in [7, 11) is -2.13. The average molecular weight is 550 g/mol. The van der Waals surface area contributed by atoms with Gasteiger partial charge in [-0.2, -0.15) is 0 Å². The first-order valence-corrected chi connectivity index (χ1v) is 15.2. The van der Waals surface area contributed by atoms with Crippen LogP contribution in [0.15, 0.2) is 95.9 Å². The first-order valence-electron chi connectivity index (χ1n) is 11.2. The Morgan fingerprint density at radius 2 is 1.31 bits per heavy atom. The number of methoxy groups -OCH3 is 1. The predicted molar refractivity (Wildman–Crippen MR) is 143 cm³/mol. The van der Waals surface area contributed by atoms with Crippen LogP contribution in [0.2, 0.25) is 0 Å². The molecule has 4 aromatic carbocycles. The summed E-state index contributed by atoms with van der Waals surface area (Å²) in [6.07, 6.45) is 0. The molecule has 4 rings (SSSR count). The Morgan fingerprint density at radius 1 is 0.743 bits per heavy atom. The van der Waals surface area contributed by atoms with Crippen molar-refractivity contribution in [1.82, 2.24) is 0 Å². The SMILES string of the molecule is COc1ccc(Oc2ccc([AsH]Cc3ccc(C)cc3)c(NS(=O)(=O)c3ccc(C)cc3)c2)cc1. The molecule has 1 unspecified atom stereocenters. The van der Waals surface area contributed by atoms with Gasteiger partial charge in [-0.05, 0) is 0 Å². The molecular formula is C28H28AsNO4S. The van der Waals surface area contributed by atoms with E-state index in [2.05, 4.69) is 35.9 Å². The molecule has 4 aromatic rings. The van der Waals surface area contributed by atoms with E-state index in [0.717, 1.165) is 20.9 Å². The van der Waals surface area contributed by atoms with Crippen LogP contribution in [0, 0.1) is 13.8 Å². The molecule has 0 aromatic heterocycles. The van der Waals surface area contributed by atoms with Gasteiger partial charge in [-0.3, -0.25) is 0 Å². The third-order valence-corrected chi connectivity index (χ3v) is 9.79. The molecule has 0 amide bonds. The second kappa shape index (κ2) is 11.0. The monoisotopic (exact) mass is 549 g/mol. The van der Waals surface area contributed by atoms with Crippen LogP contribution in [0.1, 0.15) is 16.7 Å². The zero-order valence-corrected chi connectivity index (χ0v) is 22.8. The van der Waals surface area contributed by atoms with Crippen LogP contribution in [-0.4, -0.2) is 31.3 Å². The van der Waals surface area contributed by atoms with E-state index >= 15 is 0 Å². The molecule has 5 nitrogen and oxygen atoms in total. The number of hydrogen-bond donors (Lipinski definition) is 1. The summed E-state index contributed by atoms with van der Waals surface area (Å²) in [6.45, 7) is 4.00. The van der Waals surface area contributed by atoms with Crippen molar-refractivity contribution in [3.8, 4) is 17.2 Å². The van der Waals surface area contributed by atoms with Crippen LogP contribution in [0.3, 0.4) is 0 Å². The standard InChI is InChI=1S/C28H28AsNO4S/c1-20-4-8-22(9-5-20)19-29-27-17-14-25(34-24-12-10-23(33-3)11-13-24)18-28(27)30-35(31,32)26-15-6-21(2)7-16-26/h4-18,29-30H,19H2,1-3H3. The molecule has 1 N–H and O–H groups in total.